The van der Waals surface area contributed by atoms with Crippen LogP contribution in [0.2, 0.25) is 10.0 Å². The number of thiazole rings is 1. The van der Waals surface area contributed by atoms with E-state index in [4.69, 9.17) is 27.9 Å². The maximum absolute atomic E-state index is 12.4. The van der Waals surface area contributed by atoms with E-state index in [2.05, 4.69) is 20.7 Å². The van der Waals surface area contributed by atoms with Gasteiger partial charge in [0.15, 0.2) is 5.13 Å². The van der Waals surface area contributed by atoms with Crippen molar-refractivity contribution < 1.29 is 14.3 Å². The largest absolute Gasteiger partial charge is 0.378 e. The average Bonchev–Trinajstić information content (AvgIpc) is 3.01. The van der Waals surface area contributed by atoms with Gasteiger partial charge in [-0.2, -0.15) is 0 Å². The van der Waals surface area contributed by atoms with Crippen LogP contribution in [-0.4, -0.2) is 43.1 Å². The zero-order chi connectivity index (χ0) is 18.7. The summed E-state index contributed by atoms with van der Waals surface area (Å²) >= 11 is 13.0. The van der Waals surface area contributed by atoms with Gasteiger partial charge in [-0.05, 0) is 25.1 Å². The molecule has 26 heavy (non-hydrogen) atoms. The number of benzene rings is 1. The Morgan fingerprint density at radius 3 is 2.38 bits per heavy atom. The first-order valence-corrected chi connectivity index (χ1v) is 9.38. The van der Waals surface area contributed by atoms with Crippen LogP contribution in [0.15, 0.2) is 18.2 Å². The molecule has 2 N–H and O–H groups in total. The van der Waals surface area contributed by atoms with Gasteiger partial charge in [0.25, 0.3) is 11.8 Å². The molecule has 1 aromatic heterocycles. The summed E-state index contributed by atoms with van der Waals surface area (Å²) in [5.74, 6) is -0.945. The van der Waals surface area contributed by atoms with Crippen LogP contribution < -0.4 is 15.8 Å². The van der Waals surface area contributed by atoms with E-state index in [9.17, 15) is 9.59 Å². The number of carbonyl (C=O) groups is 2. The van der Waals surface area contributed by atoms with E-state index in [1.165, 1.54) is 29.5 Å². The summed E-state index contributed by atoms with van der Waals surface area (Å²) < 4.78 is 5.32. The monoisotopic (exact) mass is 414 g/mol. The first-order valence-electron chi connectivity index (χ1n) is 7.81. The minimum Gasteiger partial charge on any atom is -0.378 e. The van der Waals surface area contributed by atoms with Gasteiger partial charge in [0.1, 0.15) is 4.88 Å². The number of hydrogen-bond acceptors (Lipinski definition) is 6. The van der Waals surface area contributed by atoms with Crippen molar-refractivity contribution in [3.05, 3.63) is 44.4 Å². The second-order valence-corrected chi connectivity index (χ2v) is 7.43. The van der Waals surface area contributed by atoms with Gasteiger partial charge < -0.3 is 9.64 Å². The highest BCUT2D eigenvalue weighted by Gasteiger charge is 2.21. The molecular weight excluding hydrogens is 399 g/mol. The number of hydrogen-bond donors (Lipinski definition) is 2. The van der Waals surface area contributed by atoms with E-state index in [1.54, 1.807) is 6.92 Å². The van der Waals surface area contributed by atoms with Crippen molar-refractivity contribution in [3.63, 3.8) is 0 Å². The van der Waals surface area contributed by atoms with Gasteiger partial charge in [-0.25, -0.2) is 4.98 Å². The summed E-state index contributed by atoms with van der Waals surface area (Å²) in [6.07, 6.45) is 0. The number of rotatable bonds is 3. The zero-order valence-electron chi connectivity index (χ0n) is 13.8. The molecule has 2 heterocycles. The molecule has 1 aromatic carbocycles. The third-order valence-corrected chi connectivity index (χ3v) is 5.34. The van der Waals surface area contributed by atoms with Gasteiger partial charge in [-0.15, -0.1) is 0 Å². The number of ether oxygens (including phenoxy) is 1. The molecule has 0 radical (unpaired) electrons. The van der Waals surface area contributed by atoms with E-state index in [1.807, 2.05) is 0 Å². The summed E-state index contributed by atoms with van der Waals surface area (Å²) in [4.78, 5) is 31.5. The van der Waals surface area contributed by atoms with E-state index in [0.717, 1.165) is 18.2 Å². The minimum absolute atomic E-state index is 0.248. The number of hydrazine groups is 1. The highest BCUT2D eigenvalue weighted by Crippen LogP contribution is 2.26. The molecule has 1 fully saturated rings. The molecule has 138 valence electrons. The van der Waals surface area contributed by atoms with Gasteiger partial charge in [-0.3, -0.25) is 20.4 Å². The van der Waals surface area contributed by atoms with Crippen LogP contribution in [0, 0.1) is 6.92 Å². The number of morpholine rings is 1. The lowest BCUT2D eigenvalue weighted by atomic mass is 10.2. The Bertz CT molecular complexity index is 817. The highest BCUT2D eigenvalue weighted by atomic mass is 35.5. The quantitative estimate of drug-likeness (QED) is 0.754. The van der Waals surface area contributed by atoms with Gasteiger partial charge in [0, 0.05) is 28.7 Å². The fourth-order valence-electron chi connectivity index (χ4n) is 2.41. The Labute approximate surface area is 164 Å². The van der Waals surface area contributed by atoms with Gasteiger partial charge in [-0.1, -0.05) is 34.5 Å². The van der Waals surface area contributed by atoms with E-state index < -0.39 is 11.8 Å². The molecule has 0 atom stereocenters. The predicted octanol–water partition coefficient (Wildman–Crippen LogP) is 2.67. The fourth-order valence-corrected chi connectivity index (χ4v) is 3.95. The third-order valence-electron chi connectivity index (χ3n) is 3.69. The smallest absolute Gasteiger partial charge is 0.281 e. The van der Waals surface area contributed by atoms with Crippen LogP contribution in [0.4, 0.5) is 5.13 Å². The summed E-state index contributed by atoms with van der Waals surface area (Å²) in [6, 6.07) is 4.44. The van der Waals surface area contributed by atoms with Crippen molar-refractivity contribution in [2.45, 2.75) is 6.92 Å². The fraction of sp³-hybridized carbons (Fsp3) is 0.312. The van der Waals surface area contributed by atoms with Crippen LogP contribution in [0.3, 0.4) is 0 Å². The predicted molar refractivity (Wildman–Crippen MR) is 101 cm³/mol. The Kier molecular flexibility index (Phi) is 5.98. The molecule has 1 aliphatic rings. The molecule has 1 aliphatic heterocycles. The molecule has 3 rings (SSSR count). The Morgan fingerprint density at radius 2 is 1.73 bits per heavy atom. The number of anilines is 1. The lowest BCUT2D eigenvalue weighted by Crippen LogP contribution is -2.41. The molecule has 7 nitrogen and oxygen atoms in total. The van der Waals surface area contributed by atoms with Crippen molar-refractivity contribution in [1.82, 2.24) is 15.8 Å². The summed E-state index contributed by atoms with van der Waals surface area (Å²) in [5, 5.41) is 1.44. The van der Waals surface area contributed by atoms with Crippen LogP contribution in [0.1, 0.15) is 25.7 Å². The van der Waals surface area contributed by atoms with Crippen molar-refractivity contribution in [2.75, 3.05) is 31.2 Å². The number of amides is 2. The first kappa shape index (κ1) is 18.9. The molecule has 0 aliphatic carbocycles. The Balaban J connectivity index is 1.64. The molecule has 2 amide bonds. The maximum atomic E-state index is 12.4. The number of carbonyl (C=O) groups excluding carboxylic acids is 2. The lowest BCUT2D eigenvalue weighted by molar-refractivity contribution is 0.0848. The molecule has 0 saturated carbocycles. The second kappa shape index (κ2) is 8.22. The Morgan fingerprint density at radius 1 is 1.12 bits per heavy atom. The minimum atomic E-state index is -0.515. The number of aryl methyl sites for hydroxylation is 1. The molecule has 0 unspecified atom stereocenters. The molecule has 10 heteroatoms. The van der Waals surface area contributed by atoms with Crippen LogP contribution >= 0.6 is 34.5 Å². The van der Waals surface area contributed by atoms with Crippen LogP contribution in [0.5, 0.6) is 0 Å². The average molecular weight is 415 g/mol. The van der Waals surface area contributed by atoms with E-state index in [0.29, 0.717) is 33.8 Å². The molecule has 2 aromatic rings. The van der Waals surface area contributed by atoms with Gasteiger partial charge >= 0.3 is 0 Å². The van der Waals surface area contributed by atoms with Crippen LogP contribution in [-0.2, 0) is 4.74 Å². The van der Waals surface area contributed by atoms with Gasteiger partial charge in [0.2, 0.25) is 0 Å². The Hall–Kier alpha value is -1.87. The molecule has 0 bridgehead atoms. The standard InChI is InChI=1S/C16H16Cl2N4O3S/c1-9-13(26-16(19-9)22-2-4-25-5-3-22)15(24)21-20-14(23)10-6-11(17)8-12(18)7-10/h6-8H,2-5H2,1H3,(H,20,23)(H,21,24). The zero-order valence-corrected chi connectivity index (χ0v) is 16.2. The molecule has 1 saturated heterocycles. The normalized spacial score (nSPS) is 14.2. The van der Waals surface area contributed by atoms with E-state index in [-0.39, 0.29) is 5.56 Å². The third kappa shape index (κ3) is 4.45. The second-order valence-electron chi connectivity index (χ2n) is 5.58. The number of halogens is 2. The van der Waals surface area contributed by atoms with Crippen molar-refractivity contribution in [1.29, 1.82) is 0 Å². The van der Waals surface area contributed by atoms with Crippen LogP contribution in [0.25, 0.3) is 0 Å². The SMILES string of the molecule is Cc1nc(N2CCOCC2)sc1C(=O)NNC(=O)c1cc(Cl)cc(Cl)c1. The molecule has 0 spiro atoms. The van der Waals surface area contributed by atoms with Crippen molar-refractivity contribution in [2.24, 2.45) is 0 Å². The highest BCUT2D eigenvalue weighted by molar-refractivity contribution is 7.17. The number of aromatic nitrogens is 1. The van der Waals surface area contributed by atoms with Crippen molar-refractivity contribution in [3.8, 4) is 0 Å². The summed E-state index contributed by atoms with van der Waals surface area (Å²) in [6.45, 7) is 4.51. The number of nitrogens with one attached hydrogen (secondary N) is 2. The summed E-state index contributed by atoms with van der Waals surface area (Å²) in [7, 11) is 0. The maximum Gasteiger partial charge on any atom is 0.281 e. The van der Waals surface area contributed by atoms with Gasteiger partial charge in [0.05, 0.1) is 18.9 Å². The van der Waals surface area contributed by atoms with Crippen molar-refractivity contribution >= 4 is 51.5 Å². The van der Waals surface area contributed by atoms with E-state index >= 15 is 0 Å². The first-order chi connectivity index (χ1) is 12.4. The lowest BCUT2D eigenvalue weighted by Gasteiger charge is -2.25. The topological polar surface area (TPSA) is 83.6 Å². The summed E-state index contributed by atoms with van der Waals surface area (Å²) in [5.41, 5.74) is 5.61. The molecular formula is C16H16Cl2N4O3S. The number of nitrogens with zero attached hydrogens (tertiary/aromatic N) is 2.